The Morgan fingerprint density at radius 3 is 2.19 bits per heavy atom. The molecular weight excluding hydrogens is 202 g/mol. The first-order valence-corrected chi connectivity index (χ1v) is 6.80. The zero-order valence-electron chi connectivity index (χ0n) is 10.5. The van der Waals surface area contributed by atoms with E-state index in [9.17, 15) is 0 Å². The lowest BCUT2D eigenvalue weighted by Gasteiger charge is -2.27. The van der Waals surface area contributed by atoms with Gasteiger partial charge in [0.1, 0.15) is 0 Å². The van der Waals surface area contributed by atoms with Gasteiger partial charge in [0.05, 0.1) is 13.2 Å². The molecular formula is C13H25NO2. The fraction of sp³-hybridized carbons (Fsp3) is 1.00. The van der Waals surface area contributed by atoms with Crippen LogP contribution in [-0.4, -0.2) is 31.6 Å². The lowest BCUT2D eigenvalue weighted by Crippen LogP contribution is -2.43. The molecule has 1 saturated carbocycles. The van der Waals surface area contributed by atoms with Gasteiger partial charge in [0.15, 0.2) is 5.79 Å². The van der Waals surface area contributed by atoms with Crippen molar-refractivity contribution in [3.8, 4) is 0 Å². The maximum atomic E-state index is 5.60. The Bertz CT molecular complexity index is 194. The fourth-order valence-electron chi connectivity index (χ4n) is 2.65. The molecule has 1 saturated heterocycles. The minimum absolute atomic E-state index is 0.373. The van der Waals surface area contributed by atoms with Crippen LogP contribution >= 0.6 is 0 Å². The van der Waals surface area contributed by atoms with Gasteiger partial charge in [0.25, 0.3) is 0 Å². The molecule has 1 heterocycles. The summed E-state index contributed by atoms with van der Waals surface area (Å²) in [5, 5.41) is 3.62. The van der Waals surface area contributed by atoms with Gasteiger partial charge in [-0.15, -0.1) is 0 Å². The van der Waals surface area contributed by atoms with Crippen LogP contribution in [0.2, 0.25) is 0 Å². The number of rotatable bonds is 3. The van der Waals surface area contributed by atoms with Crippen LogP contribution in [0.4, 0.5) is 0 Å². The third-order valence-electron chi connectivity index (χ3n) is 3.72. The third-order valence-corrected chi connectivity index (χ3v) is 3.72. The average molecular weight is 227 g/mol. The van der Waals surface area contributed by atoms with E-state index in [0.29, 0.717) is 6.04 Å². The van der Waals surface area contributed by atoms with E-state index in [1.54, 1.807) is 0 Å². The van der Waals surface area contributed by atoms with Gasteiger partial charge < -0.3 is 14.8 Å². The Balaban J connectivity index is 1.70. The normalized spacial score (nSPS) is 27.6. The first kappa shape index (κ1) is 12.3. The van der Waals surface area contributed by atoms with Gasteiger partial charge in [0, 0.05) is 12.6 Å². The quantitative estimate of drug-likeness (QED) is 0.803. The van der Waals surface area contributed by atoms with Crippen molar-refractivity contribution in [3.63, 3.8) is 0 Å². The van der Waals surface area contributed by atoms with E-state index in [1.807, 2.05) is 6.92 Å². The summed E-state index contributed by atoms with van der Waals surface area (Å²) in [5.41, 5.74) is 0. The van der Waals surface area contributed by atoms with Crippen molar-refractivity contribution in [3.05, 3.63) is 0 Å². The highest BCUT2D eigenvalue weighted by Crippen LogP contribution is 2.20. The number of nitrogens with one attached hydrogen (secondary N) is 1. The van der Waals surface area contributed by atoms with E-state index < -0.39 is 0 Å². The Morgan fingerprint density at radius 2 is 1.56 bits per heavy atom. The molecule has 0 aromatic heterocycles. The SMILES string of the molecule is CC1(CNC2CCCCCCC2)OCCO1. The minimum Gasteiger partial charge on any atom is -0.347 e. The Morgan fingerprint density at radius 1 is 1.00 bits per heavy atom. The van der Waals surface area contributed by atoms with E-state index in [-0.39, 0.29) is 5.79 Å². The molecule has 3 nitrogen and oxygen atoms in total. The standard InChI is InChI=1S/C13H25NO2/c1-13(15-9-10-16-13)11-14-12-7-5-3-2-4-6-8-12/h12,14H,2-11H2,1H3. The summed E-state index contributed by atoms with van der Waals surface area (Å²) in [6, 6.07) is 0.671. The zero-order valence-corrected chi connectivity index (χ0v) is 10.5. The van der Waals surface area contributed by atoms with E-state index in [2.05, 4.69) is 5.32 Å². The summed E-state index contributed by atoms with van der Waals surface area (Å²) in [4.78, 5) is 0. The van der Waals surface area contributed by atoms with Crippen molar-refractivity contribution in [2.45, 2.75) is 63.7 Å². The molecule has 2 aliphatic rings. The maximum Gasteiger partial charge on any atom is 0.178 e. The number of hydrogen-bond donors (Lipinski definition) is 1. The van der Waals surface area contributed by atoms with Crippen LogP contribution in [0.5, 0.6) is 0 Å². The summed E-state index contributed by atoms with van der Waals surface area (Å²) in [5.74, 6) is -0.373. The maximum absolute atomic E-state index is 5.60. The topological polar surface area (TPSA) is 30.5 Å². The highest BCUT2D eigenvalue weighted by atomic mass is 16.7. The molecule has 1 aliphatic carbocycles. The first-order valence-electron chi connectivity index (χ1n) is 6.80. The summed E-state index contributed by atoms with van der Waals surface area (Å²) < 4.78 is 11.2. The lowest BCUT2D eigenvalue weighted by atomic mass is 9.96. The molecule has 94 valence electrons. The van der Waals surface area contributed by atoms with Crippen molar-refractivity contribution >= 4 is 0 Å². The largest absolute Gasteiger partial charge is 0.347 e. The predicted octanol–water partition coefficient (Wildman–Crippen LogP) is 2.45. The zero-order chi connectivity index (χ0) is 11.3. The minimum atomic E-state index is -0.373. The molecule has 0 aromatic rings. The van der Waals surface area contributed by atoms with Crippen LogP contribution in [0.3, 0.4) is 0 Å². The van der Waals surface area contributed by atoms with Gasteiger partial charge in [-0.2, -0.15) is 0 Å². The van der Waals surface area contributed by atoms with E-state index in [1.165, 1.54) is 44.9 Å². The second-order valence-corrected chi connectivity index (χ2v) is 5.25. The molecule has 0 atom stereocenters. The highest BCUT2D eigenvalue weighted by Gasteiger charge is 2.31. The van der Waals surface area contributed by atoms with Gasteiger partial charge in [0.2, 0.25) is 0 Å². The molecule has 0 radical (unpaired) electrons. The van der Waals surface area contributed by atoms with Gasteiger partial charge in [-0.1, -0.05) is 32.1 Å². The number of ether oxygens (including phenoxy) is 2. The summed E-state index contributed by atoms with van der Waals surface area (Å²) >= 11 is 0. The van der Waals surface area contributed by atoms with Crippen molar-refractivity contribution in [2.24, 2.45) is 0 Å². The van der Waals surface area contributed by atoms with Crippen LogP contribution < -0.4 is 5.32 Å². The lowest BCUT2D eigenvalue weighted by molar-refractivity contribution is -0.139. The molecule has 1 aliphatic heterocycles. The molecule has 0 unspecified atom stereocenters. The van der Waals surface area contributed by atoms with E-state index >= 15 is 0 Å². The summed E-state index contributed by atoms with van der Waals surface area (Å²) in [6.45, 7) is 4.35. The summed E-state index contributed by atoms with van der Waals surface area (Å²) in [7, 11) is 0. The molecule has 16 heavy (non-hydrogen) atoms. The second-order valence-electron chi connectivity index (χ2n) is 5.25. The molecule has 1 N–H and O–H groups in total. The van der Waals surface area contributed by atoms with Crippen LogP contribution in [0.15, 0.2) is 0 Å². The Hall–Kier alpha value is -0.120. The van der Waals surface area contributed by atoms with Gasteiger partial charge in [-0.05, 0) is 19.8 Å². The number of hydrogen-bond acceptors (Lipinski definition) is 3. The fourth-order valence-corrected chi connectivity index (χ4v) is 2.65. The molecule has 2 fully saturated rings. The second kappa shape index (κ2) is 5.99. The molecule has 0 bridgehead atoms. The molecule has 0 aromatic carbocycles. The van der Waals surface area contributed by atoms with Crippen molar-refractivity contribution < 1.29 is 9.47 Å². The van der Waals surface area contributed by atoms with Crippen LogP contribution in [0.25, 0.3) is 0 Å². The first-order chi connectivity index (χ1) is 7.79. The van der Waals surface area contributed by atoms with Crippen molar-refractivity contribution in [1.82, 2.24) is 5.32 Å². The van der Waals surface area contributed by atoms with Gasteiger partial charge >= 0.3 is 0 Å². The average Bonchev–Trinajstić information content (AvgIpc) is 2.64. The Labute approximate surface area is 98.9 Å². The molecule has 2 rings (SSSR count). The Kier molecular flexibility index (Phi) is 4.62. The van der Waals surface area contributed by atoms with Gasteiger partial charge in [-0.3, -0.25) is 0 Å². The molecule has 0 spiro atoms. The highest BCUT2D eigenvalue weighted by molar-refractivity contribution is 4.76. The van der Waals surface area contributed by atoms with Crippen LogP contribution in [0.1, 0.15) is 51.9 Å². The van der Waals surface area contributed by atoms with Crippen LogP contribution in [-0.2, 0) is 9.47 Å². The molecule has 3 heteroatoms. The third kappa shape index (κ3) is 3.72. The van der Waals surface area contributed by atoms with Crippen molar-refractivity contribution in [2.75, 3.05) is 19.8 Å². The molecule has 0 amide bonds. The van der Waals surface area contributed by atoms with Gasteiger partial charge in [-0.25, -0.2) is 0 Å². The smallest absolute Gasteiger partial charge is 0.178 e. The summed E-state index contributed by atoms with van der Waals surface area (Å²) in [6.07, 6.45) is 9.61. The van der Waals surface area contributed by atoms with Crippen molar-refractivity contribution in [1.29, 1.82) is 0 Å². The monoisotopic (exact) mass is 227 g/mol. The predicted molar refractivity (Wildman–Crippen MR) is 64.4 cm³/mol. The van der Waals surface area contributed by atoms with E-state index in [4.69, 9.17) is 9.47 Å². The van der Waals surface area contributed by atoms with Crippen LogP contribution in [0, 0.1) is 0 Å². The van der Waals surface area contributed by atoms with E-state index in [0.717, 1.165) is 19.8 Å².